The van der Waals surface area contributed by atoms with Crippen molar-refractivity contribution in [3.8, 4) is 6.19 Å². The predicted molar refractivity (Wildman–Crippen MR) is 63.5 cm³/mol. The van der Waals surface area contributed by atoms with Crippen LogP contribution in [0.1, 0.15) is 6.92 Å². The lowest BCUT2D eigenvalue weighted by Gasteiger charge is -2.16. The van der Waals surface area contributed by atoms with Crippen LogP contribution in [0.15, 0.2) is 4.99 Å². The van der Waals surface area contributed by atoms with Crippen LogP contribution in [0.5, 0.6) is 0 Å². The van der Waals surface area contributed by atoms with Gasteiger partial charge in [0.25, 0.3) is 0 Å². The summed E-state index contributed by atoms with van der Waals surface area (Å²) in [6.07, 6.45) is 5.61. The second-order valence-corrected chi connectivity index (χ2v) is 4.44. The lowest BCUT2D eigenvalue weighted by molar-refractivity contribution is 0.286. The van der Waals surface area contributed by atoms with Gasteiger partial charge in [-0.25, -0.2) is 0 Å². The van der Waals surface area contributed by atoms with Crippen LogP contribution in [-0.4, -0.2) is 40.7 Å². The van der Waals surface area contributed by atoms with Gasteiger partial charge in [-0.1, -0.05) is 11.8 Å². The van der Waals surface area contributed by atoms with Gasteiger partial charge >= 0.3 is 0 Å². The van der Waals surface area contributed by atoms with Crippen molar-refractivity contribution >= 4 is 28.7 Å². The Morgan fingerprint density at radius 3 is 2.64 bits per heavy atom. The Labute approximate surface area is 93.2 Å². The number of nitriles is 1. The van der Waals surface area contributed by atoms with Crippen LogP contribution in [0.2, 0.25) is 0 Å². The van der Waals surface area contributed by atoms with Crippen LogP contribution in [0.3, 0.4) is 0 Å². The molecule has 14 heavy (non-hydrogen) atoms. The first-order valence-electron chi connectivity index (χ1n) is 4.10. The predicted octanol–water partition coefficient (Wildman–Crippen LogP) is 0.888. The van der Waals surface area contributed by atoms with E-state index in [0.29, 0.717) is 5.17 Å². The van der Waals surface area contributed by atoms with E-state index in [-0.39, 0.29) is 17.9 Å². The van der Waals surface area contributed by atoms with Gasteiger partial charge in [-0.05, 0) is 19.4 Å². The molecular weight excluding hydrogens is 218 g/mol. The quantitative estimate of drug-likeness (QED) is 0.327. The minimum absolute atomic E-state index is 0.00157. The molecule has 0 spiro atoms. The van der Waals surface area contributed by atoms with E-state index in [1.165, 1.54) is 11.8 Å². The van der Waals surface area contributed by atoms with Gasteiger partial charge in [-0.3, -0.25) is 10.3 Å². The Morgan fingerprint density at radius 1 is 1.64 bits per heavy atom. The summed E-state index contributed by atoms with van der Waals surface area (Å²) in [4.78, 5) is 4.29. The lowest BCUT2D eigenvalue weighted by atomic mass is 10.2. The highest BCUT2D eigenvalue weighted by atomic mass is 32.2. The third-order valence-electron chi connectivity index (χ3n) is 1.70. The third-order valence-corrected chi connectivity index (χ3v) is 3.44. The number of nitrogens with zero attached hydrogens (tertiary/aromatic N) is 2. The van der Waals surface area contributed by atoms with E-state index in [1.807, 2.05) is 25.6 Å². The number of rotatable bonds is 4. The number of nitrogens with one attached hydrogen (secondary N) is 1. The van der Waals surface area contributed by atoms with Crippen molar-refractivity contribution in [3.63, 3.8) is 0 Å². The summed E-state index contributed by atoms with van der Waals surface area (Å²) in [5.41, 5.74) is 0. The van der Waals surface area contributed by atoms with Gasteiger partial charge in [0.2, 0.25) is 0 Å². The highest BCUT2D eigenvalue weighted by molar-refractivity contribution is 8.13. The normalized spacial score (nSPS) is 15.8. The summed E-state index contributed by atoms with van der Waals surface area (Å²) in [5.74, 6) is 0. The van der Waals surface area contributed by atoms with Crippen molar-refractivity contribution in [2.75, 3.05) is 19.1 Å². The monoisotopic (exact) mass is 233 g/mol. The molecular formula is C8H15N3OS2. The Bertz CT molecular complexity index is 223. The zero-order valence-corrected chi connectivity index (χ0v) is 10.2. The zero-order chi connectivity index (χ0) is 11.0. The fourth-order valence-corrected chi connectivity index (χ4v) is 1.90. The number of aliphatic hydroxyl groups excluding tert-OH is 1. The Kier molecular flexibility index (Phi) is 7.76. The minimum atomic E-state index is -0.00157. The van der Waals surface area contributed by atoms with Gasteiger partial charge < -0.3 is 5.11 Å². The number of aliphatic imine (C=N–C) groups is 1. The van der Waals surface area contributed by atoms with E-state index in [1.54, 1.807) is 11.8 Å². The largest absolute Gasteiger partial charge is 0.395 e. The first-order valence-corrected chi connectivity index (χ1v) is 6.61. The number of aliphatic hydroxyl groups is 1. The highest BCUT2D eigenvalue weighted by Gasteiger charge is 2.14. The number of amidine groups is 1. The van der Waals surface area contributed by atoms with Crippen molar-refractivity contribution in [2.24, 2.45) is 4.99 Å². The molecule has 0 fully saturated rings. The summed E-state index contributed by atoms with van der Waals surface area (Å²) in [6.45, 7) is 2.02. The molecule has 0 saturated carbocycles. The summed E-state index contributed by atoms with van der Waals surface area (Å²) in [7, 11) is 0. The smallest absolute Gasteiger partial charge is 0.183 e. The van der Waals surface area contributed by atoms with Gasteiger partial charge in [0.1, 0.15) is 0 Å². The van der Waals surface area contributed by atoms with E-state index in [0.717, 1.165) is 0 Å². The van der Waals surface area contributed by atoms with Crippen molar-refractivity contribution < 1.29 is 5.11 Å². The molecule has 0 saturated heterocycles. The first-order chi connectivity index (χ1) is 6.69. The molecule has 4 nitrogen and oxygen atoms in total. The second-order valence-electron chi connectivity index (χ2n) is 2.57. The van der Waals surface area contributed by atoms with Gasteiger partial charge in [-0.2, -0.15) is 17.0 Å². The van der Waals surface area contributed by atoms with Crippen LogP contribution >= 0.6 is 23.5 Å². The maximum absolute atomic E-state index is 9.03. The lowest BCUT2D eigenvalue weighted by Crippen LogP contribution is -2.25. The molecule has 0 aliphatic rings. The Morgan fingerprint density at radius 2 is 2.29 bits per heavy atom. The van der Waals surface area contributed by atoms with E-state index in [2.05, 4.69) is 10.3 Å². The molecule has 0 heterocycles. The summed E-state index contributed by atoms with van der Waals surface area (Å²) in [6, 6.07) is -0.00157. The summed E-state index contributed by atoms with van der Waals surface area (Å²) in [5, 5.41) is 20.6. The molecule has 0 aromatic carbocycles. The van der Waals surface area contributed by atoms with Crippen LogP contribution in [0.25, 0.3) is 0 Å². The van der Waals surface area contributed by atoms with Crippen molar-refractivity contribution in [2.45, 2.75) is 18.2 Å². The molecule has 0 aliphatic heterocycles. The fourth-order valence-electron chi connectivity index (χ4n) is 0.876. The molecule has 0 aromatic heterocycles. The maximum atomic E-state index is 9.03. The van der Waals surface area contributed by atoms with Crippen molar-refractivity contribution in [1.29, 1.82) is 5.26 Å². The van der Waals surface area contributed by atoms with Gasteiger partial charge in [0.15, 0.2) is 11.4 Å². The van der Waals surface area contributed by atoms with Crippen LogP contribution in [0, 0.1) is 11.5 Å². The Hall–Kier alpha value is -0.380. The maximum Gasteiger partial charge on any atom is 0.183 e. The first kappa shape index (κ1) is 13.6. The van der Waals surface area contributed by atoms with Crippen molar-refractivity contribution in [3.05, 3.63) is 0 Å². The fraction of sp³-hybridized carbons (Fsp3) is 0.750. The SMILES string of the molecule is CSC(=NC(C)C(CO)SC)NC#N. The van der Waals surface area contributed by atoms with E-state index < -0.39 is 0 Å². The van der Waals surface area contributed by atoms with Crippen LogP contribution in [-0.2, 0) is 0 Å². The molecule has 80 valence electrons. The molecule has 0 aliphatic carbocycles. The molecule has 2 atom stereocenters. The second kappa shape index (κ2) is 7.97. The van der Waals surface area contributed by atoms with Gasteiger partial charge in [0.05, 0.1) is 12.6 Å². The molecule has 0 aromatic rings. The highest BCUT2D eigenvalue weighted by Crippen LogP contribution is 2.14. The third kappa shape index (κ3) is 4.74. The number of hydrogen-bond donors (Lipinski definition) is 2. The van der Waals surface area contributed by atoms with Gasteiger partial charge in [0, 0.05) is 5.25 Å². The van der Waals surface area contributed by atoms with Crippen molar-refractivity contribution in [1.82, 2.24) is 5.32 Å². The average Bonchev–Trinajstić information content (AvgIpc) is 2.19. The van der Waals surface area contributed by atoms with E-state index in [4.69, 9.17) is 10.4 Å². The molecule has 2 N–H and O–H groups in total. The van der Waals surface area contributed by atoms with E-state index >= 15 is 0 Å². The molecule has 6 heteroatoms. The van der Waals surface area contributed by atoms with Gasteiger partial charge in [-0.15, -0.1) is 0 Å². The molecule has 0 amide bonds. The number of hydrogen-bond acceptors (Lipinski definition) is 5. The molecule has 2 unspecified atom stereocenters. The molecule has 0 radical (unpaired) electrons. The van der Waals surface area contributed by atoms with Crippen LogP contribution in [0.4, 0.5) is 0 Å². The minimum Gasteiger partial charge on any atom is -0.395 e. The standard InChI is InChI=1S/C8H15N3OS2/c1-6(7(4-12)13-2)11-8(14-3)10-5-9/h6-7,12H,4H2,1-3H3,(H,10,11). The number of thioether (sulfide) groups is 2. The van der Waals surface area contributed by atoms with Crippen LogP contribution < -0.4 is 5.32 Å². The molecule has 0 rings (SSSR count). The van der Waals surface area contributed by atoms with E-state index in [9.17, 15) is 0 Å². The topological polar surface area (TPSA) is 68.4 Å². The summed E-state index contributed by atoms with van der Waals surface area (Å²) < 4.78 is 0. The Balaban J connectivity index is 4.36. The average molecular weight is 233 g/mol. The summed E-state index contributed by atoms with van der Waals surface area (Å²) >= 11 is 2.96. The zero-order valence-electron chi connectivity index (χ0n) is 8.52. The molecule has 0 bridgehead atoms.